The number of hydrogen-bond donors (Lipinski definition) is 3. The van der Waals surface area contributed by atoms with Gasteiger partial charge in [0.25, 0.3) is 11.8 Å². The average molecular weight is 523 g/mol. The van der Waals surface area contributed by atoms with E-state index in [0.29, 0.717) is 16.4 Å². The van der Waals surface area contributed by atoms with Gasteiger partial charge in [-0.05, 0) is 54.2 Å². The van der Waals surface area contributed by atoms with Gasteiger partial charge >= 0.3 is 0 Å². The molecule has 0 bridgehead atoms. The Balaban J connectivity index is 1.44. The fourth-order valence-corrected chi connectivity index (χ4v) is 4.53. The van der Waals surface area contributed by atoms with Crippen molar-refractivity contribution in [2.24, 2.45) is 0 Å². The monoisotopic (exact) mass is 522 g/mol. The molecular formula is C27H27ClN4O5. The van der Waals surface area contributed by atoms with E-state index in [1.165, 1.54) is 0 Å². The van der Waals surface area contributed by atoms with E-state index in [0.717, 1.165) is 22.1 Å². The number of nitrogens with one attached hydrogen (secondary N) is 3. The van der Waals surface area contributed by atoms with Gasteiger partial charge in [-0.15, -0.1) is 0 Å². The Morgan fingerprint density at radius 3 is 2.57 bits per heavy atom. The number of hydrogen-bond acceptors (Lipinski definition) is 6. The van der Waals surface area contributed by atoms with Crippen LogP contribution in [0.25, 0.3) is 0 Å². The van der Waals surface area contributed by atoms with Gasteiger partial charge in [0, 0.05) is 35.3 Å². The molecule has 5 amide bonds. The summed E-state index contributed by atoms with van der Waals surface area (Å²) in [6, 6.07) is 11.5. The number of halogens is 1. The molecule has 192 valence electrons. The third kappa shape index (κ3) is 5.72. The summed E-state index contributed by atoms with van der Waals surface area (Å²) in [7, 11) is 0. The predicted molar refractivity (Wildman–Crippen MR) is 139 cm³/mol. The molecule has 0 radical (unpaired) electrons. The zero-order valence-corrected chi connectivity index (χ0v) is 21.4. The fraction of sp³-hybridized carbons (Fsp3) is 0.296. The van der Waals surface area contributed by atoms with Crippen LogP contribution in [0.5, 0.6) is 0 Å². The predicted octanol–water partition coefficient (Wildman–Crippen LogP) is 3.42. The first-order chi connectivity index (χ1) is 17.4. The van der Waals surface area contributed by atoms with Crippen LogP contribution in [0.2, 0.25) is 5.02 Å². The highest BCUT2D eigenvalue weighted by Gasteiger charge is 2.42. The quantitative estimate of drug-likeness (QED) is 0.478. The standard InChI is InChI=1S/C27H27ClN4O5/c1-15-7-8-18(12-19(15)28)30-23(34)14-27(2,3)16-5-4-6-17(11-16)29-20-13-24(35)32(26(20)37)21-9-10-22(33)31-25(21)36/h4-8,11-13,21,29H,9-10,14H2,1-3H3,(H,30,34)(H,31,33,36). The molecule has 0 aliphatic carbocycles. The Hall–Kier alpha value is -3.98. The minimum absolute atomic E-state index is 0.0265. The SMILES string of the molecule is Cc1ccc(NC(=O)CC(C)(C)c2cccc(NC3=CC(=O)N(C4CCC(=O)NC4=O)C3=O)c2)cc1Cl. The summed E-state index contributed by atoms with van der Waals surface area (Å²) in [5.74, 6) is -2.53. The summed E-state index contributed by atoms with van der Waals surface area (Å²) in [6.45, 7) is 5.75. The zero-order chi connectivity index (χ0) is 26.9. The lowest BCUT2D eigenvalue weighted by molar-refractivity contribution is -0.149. The zero-order valence-electron chi connectivity index (χ0n) is 20.7. The van der Waals surface area contributed by atoms with Gasteiger partial charge in [0.15, 0.2) is 0 Å². The van der Waals surface area contributed by atoms with Crippen LogP contribution in [0.3, 0.4) is 0 Å². The second-order valence-electron chi connectivity index (χ2n) is 9.82. The summed E-state index contributed by atoms with van der Waals surface area (Å²) in [5.41, 5.74) is 2.39. The number of amides is 5. The van der Waals surface area contributed by atoms with Crippen LogP contribution in [0, 0.1) is 6.92 Å². The molecule has 4 rings (SSSR count). The summed E-state index contributed by atoms with van der Waals surface area (Å²) < 4.78 is 0. The number of carbonyl (C=O) groups excluding carboxylic acids is 5. The van der Waals surface area contributed by atoms with Crippen LogP contribution in [-0.4, -0.2) is 40.5 Å². The number of imide groups is 2. The summed E-state index contributed by atoms with van der Waals surface area (Å²) >= 11 is 6.15. The van der Waals surface area contributed by atoms with Crippen molar-refractivity contribution in [3.05, 3.63) is 70.4 Å². The Kier molecular flexibility index (Phi) is 7.18. The third-order valence-electron chi connectivity index (χ3n) is 6.46. The largest absolute Gasteiger partial charge is 0.351 e. The van der Waals surface area contributed by atoms with Crippen LogP contribution in [0.15, 0.2) is 54.2 Å². The molecule has 0 saturated carbocycles. The van der Waals surface area contributed by atoms with Crippen LogP contribution in [0.1, 0.15) is 44.2 Å². The molecule has 10 heteroatoms. The molecule has 3 N–H and O–H groups in total. The lowest BCUT2D eigenvalue weighted by Crippen LogP contribution is -2.54. The average Bonchev–Trinajstić information content (AvgIpc) is 3.09. The topological polar surface area (TPSA) is 125 Å². The van der Waals surface area contributed by atoms with Crippen molar-refractivity contribution in [3.63, 3.8) is 0 Å². The van der Waals surface area contributed by atoms with Crippen LogP contribution >= 0.6 is 11.6 Å². The van der Waals surface area contributed by atoms with Gasteiger partial charge in [-0.3, -0.25) is 34.2 Å². The molecule has 1 unspecified atom stereocenters. The first-order valence-corrected chi connectivity index (χ1v) is 12.2. The molecule has 2 aromatic rings. The molecule has 2 aromatic carbocycles. The van der Waals surface area contributed by atoms with Crippen LogP contribution in [0.4, 0.5) is 11.4 Å². The van der Waals surface area contributed by atoms with E-state index in [2.05, 4.69) is 16.0 Å². The molecule has 9 nitrogen and oxygen atoms in total. The minimum Gasteiger partial charge on any atom is -0.351 e. The molecule has 1 saturated heterocycles. The Morgan fingerprint density at radius 1 is 1.11 bits per heavy atom. The van der Waals surface area contributed by atoms with Gasteiger partial charge in [-0.2, -0.15) is 0 Å². The highest BCUT2D eigenvalue weighted by Crippen LogP contribution is 2.31. The van der Waals surface area contributed by atoms with Gasteiger partial charge < -0.3 is 10.6 Å². The van der Waals surface area contributed by atoms with Gasteiger partial charge in [0.2, 0.25) is 17.7 Å². The van der Waals surface area contributed by atoms with E-state index in [4.69, 9.17) is 11.6 Å². The molecule has 1 atom stereocenters. The molecule has 2 aliphatic rings. The maximum atomic E-state index is 12.9. The highest BCUT2D eigenvalue weighted by atomic mass is 35.5. The molecule has 1 fully saturated rings. The smallest absolute Gasteiger partial charge is 0.278 e. The first kappa shape index (κ1) is 26.1. The number of piperidine rings is 1. The Labute approximate surface area is 219 Å². The third-order valence-corrected chi connectivity index (χ3v) is 6.86. The number of rotatable bonds is 7. The molecule has 0 aromatic heterocycles. The molecular weight excluding hydrogens is 496 g/mol. The van der Waals surface area contributed by atoms with Crippen molar-refractivity contribution in [1.29, 1.82) is 0 Å². The van der Waals surface area contributed by atoms with Gasteiger partial charge in [-0.25, -0.2) is 0 Å². The number of aryl methyl sites for hydroxylation is 1. The normalized spacial score (nSPS) is 18.0. The van der Waals surface area contributed by atoms with Crippen molar-refractivity contribution in [2.75, 3.05) is 10.6 Å². The van der Waals surface area contributed by atoms with E-state index >= 15 is 0 Å². The van der Waals surface area contributed by atoms with Crippen molar-refractivity contribution in [3.8, 4) is 0 Å². The van der Waals surface area contributed by atoms with Crippen LogP contribution < -0.4 is 16.0 Å². The van der Waals surface area contributed by atoms with Crippen molar-refractivity contribution in [2.45, 2.75) is 51.5 Å². The van der Waals surface area contributed by atoms with E-state index in [1.54, 1.807) is 24.3 Å². The maximum Gasteiger partial charge on any atom is 0.278 e. The van der Waals surface area contributed by atoms with E-state index in [1.807, 2.05) is 39.0 Å². The summed E-state index contributed by atoms with van der Waals surface area (Å²) in [5, 5.41) is 8.57. The molecule has 37 heavy (non-hydrogen) atoms. The second kappa shape index (κ2) is 10.2. The number of benzene rings is 2. The van der Waals surface area contributed by atoms with Crippen molar-refractivity contribution < 1.29 is 24.0 Å². The van der Waals surface area contributed by atoms with Gasteiger partial charge in [0.05, 0.1) is 0 Å². The summed E-state index contributed by atoms with van der Waals surface area (Å²) in [6.07, 6.45) is 1.47. The molecule has 2 aliphatic heterocycles. The second-order valence-corrected chi connectivity index (χ2v) is 10.2. The van der Waals surface area contributed by atoms with Crippen molar-refractivity contribution in [1.82, 2.24) is 10.2 Å². The first-order valence-electron chi connectivity index (χ1n) is 11.8. The van der Waals surface area contributed by atoms with E-state index in [9.17, 15) is 24.0 Å². The number of nitrogens with zero attached hydrogens (tertiary/aromatic N) is 1. The van der Waals surface area contributed by atoms with Crippen molar-refractivity contribution >= 4 is 52.5 Å². The minimum atomic E-state index is -1.03. The fourth-order valence-electron chi connectivity index (χ4n) is 4.35. The molecule has 0 spiro atoms. The van der Waals surface area contributed by atoms with Gasteiger partial charge in [0.1, 0.15) is 11.7 Å². The van der Waals surface area contributed by atoms with Gasteiger partial charge in [-0.1, -0.05) is 43.6 Å². The summed E-state index contributed by atoms with van der Waals surface area (Å²) in [4.78, 5) is 62.7. The number of anilines is 2. The lowest BCUT2D eigenvalue weighted by atomic mass is 9.81. The Morgan fingerprint density at radius 2 is 1.86 bits per heavy atom. The van der Waals surface area contributed by atoms with E-state index in [-0.39, 0.29) is 30.9 Å². The Bertz CT molecular complexity index is 1350. The van der Waals surface area contributed by atoms with Crippen LogP contribution in [-0.2, 0) is 29.4 Å². The number of carbonyl (C=O) groups is 5. The van der Waals surface area contributed by atoms with E-state index < -0.39 is 35.1 Å². The lowest BCUT2D eigenvalue weighted by Gasteiger charge is -2.28. The molecule has 2 heterocycles. The highest BCUT2D eigenvalue weighted by molar-refractivity contribution is 6.31. The maximum absolute atomic E-state index is 12.9.